The fraction of sp³-hybridized carbons (Fsp3) is 0.304. The zero-order valence-electron chi connectivity index (χ0n) is 18.0. The third kappa shape index (κ3) is 5.95. The lowest BCUT2D eigenvalue weighted by molar-refractivity contribution is -0.118. The summed E-state index contributed by atoms with van der Waals surface area (Å²) in [6.45, 7) is 6.91. The van der Waals surface area contributed by atoms with Crippen LogP contribution < -0.4 is 10.6 Å². The average molecular weight is 438 g/mol. The number of rotatable bonds is 9. The van der Waals surface area contributed by atoms with Crippen LogP contribution in [0.1, 0.15) is 47.2 Å². The van der Waals surface area contributed by atoms with Gasteiger partial charge < -0.3 is 15.2 Å². The fourth-order valence-corrected chi connectivity index (χ4v) is 4.01. The average Bonchev–Trinajstić information content (AvgIpc) is 3.20. The van der Waals surface area contributed by atoms with E-state index in [1.54, 1.807) is 6.07 Å². The van der Waals surface area contributed by atoms with E-state index in [9.17, 15) is 9.59 Å². The predicted octanol–water partition coefficient (Wildman–Crippen LogP) is 3.51. The zero-order chi connectivity index (χ0) is 22.2. The molecule has 1 aromatic heterocycles. The molecule has 2 aromatic carbocycles. The first-order valence-electron chi connectivity index (χ1n) is 10.2. The smallest absolute Gasteiger partial charge is 0.252 e. The Hall–Kier alpha value is -3.13. The first kappa shape index (κ1) is 22.6. The highest BCUT2D eigenvalue weighted by Crippen LogP contribution is 2.21. The quantitative estimate of drug-likeness (QED) is 0.500. The molecule has 31 heavy (non-hydrogen) atoms. The Morgan fingerprint density at radius 3 is 2.48 bits per heavy atom. The molecular formula is C23H27N5O2S. The van der Waals surface area contributed by atoms with Crippen LogP contribution >= 0.6 is 11.8 Å². The second-order valence-electron chi connectivity index (χ2n) is 7.15. The van der Waals surface area contributed by atoms with Gasteiger partial charge in [-0.2, -0.15) is 0 Å². The van der Waals surface area contributed by atoms with Crippen molar-refractivity contribution in [1.82, 2.24) is 25.4 Å². The van der Waals surface area contributed by atoms with Gasteiger partial charge in [0.2, 0.25) is 5.91 Å². The molecule has 162 valence electrons. The van der Waals surface area contributed by atoms with E-state index in [-0.39, 0.29) is 23.6 Å². The Labute approximate surface area is 186 Å². The maximum atomic E-state index is 12.6. The van der Waals surface area contributed by atoms with Crippen molar-refractivity contribution in [3.05, 3.63) is 77.1 Å². The Kier molecular flexibility index (Phi) is 7.83. The van der Waals surface area contributed by atoms with Crippen LogP contribution in [0.2, 0.25) is 0 Å². The number of hydrogen-bond acceptors (Lipinski definition) is 5. The molecule has 0 aliphatic carbocycles. The molecule has 3 rings (SSSR count). The first-order valence-corrected chi connectivity index (χ1v) is 11.2. The van der Waals surface area contributed by atoms with Gasteiger partial charge in [0.05, 0.1) is 11.8 Å². The van der Waals surface area contributed by atoms with E-state index in [0.717, 1.165) is 11.1 Å². The summed E-state index contributed by atoms with van der Waals surface area (Å²) in [6.07, 6.45) is 0. The highest BCUT2D eigenvalue weighted by atomic mass is 32.2. The largest absolute Gasteiger partial charge is 0.351 e. The lowest BCUT2D eigenvalue weighted by Gasteiger charge is -2.16. The molecule has 0 fully saturated rings. The highest BCUT2D eigenvalue weighted by Gasteiger charge is 2.20. The minimum Gasteiger partial charge on any atom is -0.351 e. The van der Waals surface area contributed by atoms with E-state index in [1.165, 1.54) is 11.8 Å². The van der Waals surface area contributed by atoms with Crippen molar-refractivity contribution in [2.45, 2.75) is 45.1 Å². The number of amides is 2. The number of carbonyl (C=O) groups excluding carboxylic acids is 2. The Balaban J connectivity index is 1.58. The molecule has 0 saturated carbocycles. The normalized spacial score (nSPS) is 11.7. The van der Waals surface area contributed by atoms with Gasteiger partial charge in [-0.05, 0) is 38.0 Å². The van der Waals surface area contributed by atoms with Gasteiger partial charge in [-0.15, -0.1) is 10.2 Å². The lowest BCUT2D eigenvalue weighted by Crippen LogP contribution is -2.29. The van der Waals surface area contributed by atoms with Crippen molar-refractivity contribution in [3.8, 4) is 0 Å². The molecule has 8 heteroatoms. The molecule has 7 nitrogen and oxygen atoms in total. The van der Waals surface area contributed by atoms with Crippen LogP contribution in [0.15, 0.2) is 59.8 Å². The van der Waals surface area contributed by atoms with Crippen molar-refractivity contribution in [3.63, 3.8) is 0 Å². The summed E-state index contributed by atoms with van der Waals surface area (Å²) in [7, 11) is 0. The molecule has 3 aromatic rings. The molecule has 0 spiro atoms. The van der Waals surface area contributed by atoms with Crippen LogP contribution in [0.3, 0.4) is 0 Å². The third-order valence-corrected chi connectivity index (χ3v) is 5.82. The van der Waals surface area contributed by atoms with Crippen molar-refractivity contribution in [2.24, 2.45) is 0 Å². The topological polar surface area (TPSA) is 88.9 Å². The number of nitrogens with one attached hydrogen (secondary N) is 2. The van der Waals surface area contributed by atoms with Crippen LogP contribution in [-0.2, 0) is 17.9 Å². The number of nitrogens with zero attached hydrogens (tertiary/aromatic N) is 3. The predicted molar refractivity (Wildman–Crippen MR) is 122 cm³/mol. The maximum Gasteiger partial charge on any atom is 0.252 e. The lowest BCUT2D eigenvalue weighted by atomic mass is 10.1. The second kappa shape index (κ2) is 10.8. The highest BCUT2D eigenvalue weighted by molar-refractivity contribution is 7.99. The van der Waals surface area contributed by atoms with Crippen molar-refractivity contribution in [1.29, 1.82) is 0 Å². The summed E-state index contributed by atoms with van der Waals surface area (Å²) in [6, 6.07) is 16.9. The number of thioether (sulfide) groups is 1. The molecule has 2 amide bonds. The van der Waals surface area contributed by atoms with Crippen LogP contribution in [0.4, 0.5) is 0 Å². The Bertz CT molecular complexity index is 1040. The van der Waals surface area contributed by atoms with Crippen LogP contribution in [0.5, 0.6) is 0 Å². The molecule has 0 bridgehead atoms. The van der Waals surface area contributed by atoms with Crippen molar-refractivity contribution in [2.75, 3.05) is 5.75 Å². The molecule has 0 aliphatic rings. The maximum absolute atomic E-state index is 12.6. The fourth-order valence-electron chi connectivity index (χ4n) is 3.17. The van der Waals surface area contributed by atoms with E-state index >= 15 is 0 Å². The van der Waals surface area contributed by atoms with Crippen molar-refractivity contribution >= 4 is 23.6 Å². The van der Waals surface area contributed by atoms with Crippen LogP contribution in [0.25, 0.3) is 0 Å². The molecule has 0 saturated heterocycles. The van der Waals surface area contributed by atoms with Gasteiger partial charge in [-0.3, -0.25) is 9.59 Å². The van der Waals surface area contributed by atoms with Crippen LogP contribution in [0, 0.1) is 6.92 Å². The summed E-state index contributed by atoms with van der Waals surface area (Å²) < 4.78 is 1.93. The van der Waals surface area contributed by atoms with E-state index in [1.807, 2.05) is 73.9 Å². The standard InChI is InChI=1S/C23H27N5O2S/c1-4-28-21(17(3)25-22(30)19-13-9-8-10-16(19)2)26-27-23(28)31-15-20(29)24-14-18-11-6-5-7-12-18/h5-13,17H,4,14-15H2,1-3H3,(H,24,29)(H,25,30). The molecule has 0 radical (unpaired) electrons. The van der Waals surface area contributed by atoms with Gasteiger partial charge in [0.1, 0.15) is 0 Å². The zero-order valence-corrected chi connectivity index (χ0v) is 18.8. The van der Waals surface area contributed by atoms with Crippen LogP contribution in [-0.4, -0.2) is 32.3 Å². The molecular weight excluding hydrogens is 410 g/mol. The number of aryl methyl sites for hydroxylation is 1. The van der Waals surface area contributed by atoms with E-state index < -0.39 is 0 Å². The minimum atomic E-state index is -0.319. The Morgan fingerprint density at radius 1 is 1.06 bits per heavy atom. The summed E-state index contributed by atoms with van der Waals surface area (Å²) in [4.78, 5) is 24.9. The second-order valence-corrected chi connectivity index (χ2v) is 8.09. The number of aromatic nitrogens is 3. The van der Waals surface area contributed by atoms with Gasteiger partial charge >= 0.3 is 0 Å². The van der Waals surface area contributed by atoms with E-state index in [4.69, 9.17) is 0 Å². The monoisotopic (exact) mass is 437 g/mol. The van der Waals surface area contributed by atoms with Gasteiger partial charge in [-0.25, -0.2) is 0 Å². The minimum absolute atomic E-state index is 0.0676. The van der Waals surface area contributed by atoms with Gasteiger partial charge in [0, 0.05) is 18.7 Å². The summed E-state index contributed by atoms with van der Waals surface area (Å²) in [5.41, 5.74) is 2.61. The van der Waals surface area contributed by atoms with Gasteiger partial charge in [-0.1, -0.05) is 60.3 Å². The molecule has 0 aliphatic heterocycles. The molecule has 1 atom stereocenters. The SMILES string of the molecule is CCn1c(SCC(=O)NCc2ccccc2)nnc1C(C)NC(=O)c1ccccc1C. The summed E-state index contributed by atoms with van der Waals surface area (Å²) in [5.74, 6) is 0.693. The molecule has 2 N–H and O–H groups in total. The number of carbonyl (C=O) groups is 2. The number of hydrogen-bond donors (Lipinski definition) is 2. The van der Waals surface area contributed by atoms with E-state index in [2.05, 4.69) is 20.8 Å². The summed E-state index contributed by atoms with van der Waals surface area (Å²) >= 11 is 1.34. The summed E-state index contributed by atoms with van der Waals surface area (Å²) in [5, 5.41) is 15.1. The van der Waals surface area contributed by atoms with Gasteiger partial charge in [0.25, 0.3) is 5.91 Å². The molecule has 1 heterocycles. The van der Waals surface area contributed by atoms with Gasteiger partial charge in [0.15, 0.2) is 11.0 Å². The van der Waals surface area contributed by atoms with E-state index in [0.29, 0.717) is 29.6 Å². The third-order valence-electron chi connectivity index (χ3n) is 4.85. The number of benzene rings is 2. The van der Waals surface area contributed by atoms with Crippen molar-refractivity contribution < 1.29 is 9.59 Å². The molecule has 1 unspecified atom stereocenters. The first-order chi connectivity index (χ1) is 15.0. The Morgan fingerprint density at radius 2 is 1.77 bits per heavy atom.